The molecule has 2 atom stereocenters. The van der Waals surface area contributed by atoms with Crippen molar-refractivity contribution in [1.82, 2.24) is 0 Å². The lowest BCUT2D eigenvalue weighted by Crippen LogP contribution is -2.31. The van der Waals surface area contributed by atoms with Crippen LogP contribution < -0.4 is 0 Å². The van der Waals surface area contributed by atoms with Crippen molar-refractivity contribution in [2.45, 2.75) is 20.3 Å². The standard InChI is InChI=1S/C17H18O2/c1-13-4-3-9-17(2,12-19)16(13)10-14-5-7-15(11-18)8-6-14/h3-9,11-12,16H,10H2,1-2H3. The Labute approximate surface area is 113 Å². The third-order valence-corrected chi connectivity index (χ3v) is 3.92. The second-order valence-corrected chi connectivity index (χ2v) is 5.37. The topological polar surface area (TPSA) is 34.1 Å². The highest BCUT2D eigenvalue weighted by Gasteiger charge is 2.34. The molecule has 2 rings (SSSR count). The number of hydrogen-bond acceptors (Lipinski definition) is 2. The number of rotatable bonds is 4. The molecule has 0 saturated carbocycles. The summed E-state index contributed by atoms with van der Waals surface area (Å²) in [5.74, 6) is 0.178. The minimum atomic E-state index is -0.442. The molecule has 0 heterocycles. The fraction of sp³-hybridized carbons (Fsp3) is 0.294. The van der Waals surface area contributed by atoms with E-state index in [4.69, 9.17) is 0 Å². The van der Waals surface area contributed by atoms with E-state index in [1.165, 1.54) is 5.57 Å². The van der Waals surface area contributed by atoms with Crippen LogP contribution in [0.3, 0.4) is 0 Å². The summed E-state index contributed by atoms with van der Waals surface area (Å²) in [6.45, 7) is 4.03. The van der Waals surface area contributed by atoms with Crippen molar-refractivity contribution in [3.05, 3.63) is 59.2 Å². The van der Waals surface area contributed by atoms with Gasteiger partial charge in [-0.15, -0.1) is 0 Å². The summed E-state index contributed by atoms with van der Waals surface area (Å²) in [6.07, 6.45) is 8.67. The number of hydrogen-bond donors (Lipinski definition) is 0. The molecule has 1 aliphatic rings. The lowest BCUT2D eigenvalue weighted by atomic mass is 9.69. The first-order chi connectivity index (χ1) is 9.09. The average molecular weight is 254 g/mol. The zero-order chi connectivity index (χ0) is 13.9. The highest BCUT2D eigenvalue weighted by molar-refractivity contribution is 5.74. The maximum absolute atomic E-state index is 11.4. The number of carbonyl (C=O) groups is 2. The van der Waals surface area contributed by atoms with Gasteiger partial charge in [0, 0.05) is 11.0 Å². The predicted molar refractivity (Wildman–Crippen MR) is 76.1 cm³/mol. The van der Waals surface area contributed by atoms with Gasteiger partial charge in [-0.2, -0.15) is 0 Å². The highest BCUT2D eigenvalue weighted by Crippen LogP contribution is 2.37. The lowest BCUT2D eigenvalue weighted by Gasteiger charge is -2.33. The molecule has 0 amide bonds. The van der Waals surface area contributed by atoms with Gasteiger partial charge >= 0.3 is 0 Å². The smallest absolute Gasteiger partial charge is 0.150 e. The van der Waals surface area contributed by atoms with Gasteiger partial charge in [-0.3, -0.25) is 4.79 Å². The third-order valence-electron chi connectivity index (χ3n) is 3.92. The number of allylic oxidation sites excluding steroid dienone is 4. The van der Waals surface area contributed by atoms with E-state index < -0.39 is 5.41 Å². The Bertz CT molecular complexity index is 537. The van der Waals surface area contributed by atoms with Crippen molar-refractivity contribution in [3.8, 4) is 0 Å². The van der Waals surface area contributed by atoms with Crippen LogP contribution in [-0.2, 0) is 11.2 Å². The van der Waals surface area contributed by atoms with Gasteiger partial charge in [0.05, 0.1) is 0 Å². The zero-order valence-electron chi connectivity index (χ0n) is 11.3. The van der Waals surface area contributed by atoms with Crippen molar-refractivity contribution >= 4 is 12.6 Å². The van der Waals surface area contributed by atoms with Gasteiger partial charge in [0.15, 0.2) is 0 Å². The lowest BCUT2D eigenvalue weighted by molar-refractivity contribution is -0.115. The zero-order valence-corrected chi connectivity index (χ0v) is 11.3. The van der Waals surface area contributed by atoms with Crippen molar-refractivity contribution in [2.24, 2.45) is 11.3 Å². The Balaban J connectivity index is 2.24. The monoisotopic (exact) mass is 254 g/mol. The third kappa shape index (κ3) is 2.73. The molecule has 0 aliphatic heterocycles. The van der Waals surface area contributed by atoms with Gasteiger partial charge in [-0.1, -0.05) is 48.1 Å². The van der Waals surface area contributed by atoms with E-state index in [0.29, 0.717) is 5.56 Å². The number of benzene rings is 1. The molecule has 0 radical (unpaired) electrons. The van der Waals surface area contributed by atoms with Gasteiger partial charge in [-0.25, -0.2) is 0 Å². The maximum atomic E-state index is 11.4. The van der Waals surface area contributed by atoms with E-state index in [0.717, 1.165) is 24.6 Å². The van der Waals surface area contributed by atoms with Crippen LogP contribution in [0.4, 0.5) is 0 Å². The molecule has 2 unspecified atom stereocenters. The first kappa shape index (κ1) is 13.5. The summed E-state index contributed by atoms with van der Waals surface area (Å²) in [5, 5.41) is 0. The van der Waals surface area contributed by atoms with Crippen LogP contribution in [0.2, 0.25) is 0 Å². The highest BCUT2D eigenvalue weighted by atomic mass is 16.1. The Morgan fingerprint density at radius 1 is 1.21 bits per heavy atom. The summed E-state index contributed by atoms with van der Waals surface area (Å²) < 4.78 is 0. The molecule has 98 valence electrons. The molecule has 1 aromatic rings. The molecule has 19 heavy (non-hydrogen) atoms. The van der Waals surface area contributed by atoms with Gasteiger partial charge in [-0.05, 0) is 31.7 Å². The molecule has 0 saturated heterocycles. The molecule has 0 fully saturated rings. The minimum Gasteiger partial charge on any atom is -0.302 e. The predicted octanol–water partition coefficient (Wildman–Crippen LogP) is 3.38. The molecule has 0 N–H and O–H groups in total. The fourth-order valence-electron chi connectivity index (χ4n) is 2.60. The molecule has 2 heteroatoms. The molecular weight excluding hydrogens is 236 g/mol. The largest absolute Gasteiger partial charge is 0.302 e. The van der Waals surface area contributed by atoms with Crippen LogP contribution in [0.15, 0.2) is 48.1 Å². The molecule has 1 aromatic carbocycles. The summed E-state index contributed by atoms with van der Waals surface area (Å²) in [7, 11) is 0. The second kappa shape index (κ2) is 5.35. The first-order valence-electron chi connectivity index (χ1n) is 6.45. The normalized spacial score (nSPS) is 25.8. The van der Waals surface area contributed by atoms with Crippen molar-refractivity contribution in [2.75, 3.05) is 0 Å². The van der Waals surface area contributed by atoms with Gasteiger partial charge in [0.1, 0.15) is 12.6 Å². The summed E-state index contributed by atoms with van der Waals surface area (Å²) in [4.78, 5) is 22.0. The second-order valence-electron chi connectivity index (χ2n) is 5.37. The Morgan fingerprint density at radius 2 is 1.89 bits per heavy atom. The van der Waals surface area contributed by atoms with Crippen LogP contribution in [0.5, 0.6) is 0 Å². The molecular formula is C17H18O2. The van der Waals surface area contributed by atoms with E-state index in [-0.39, 0.29) is 5.92 Å². The molecule has 0 spiro atoms. The van der Waals surface area contributed by atoms with Crippen LogP contribution in [0, 0.1) is 11.3 Å². The van der Waals surface area contributed by atoms with E-state index >= 15 is 0 Å². The van der Waals surface area contributed by atoms with Crippen LogP contribution >= 0.6 is 0 Å². The van der Waals surface area contributed by atoms with E-state index in [1.54, 1.807) is 0 Å². The van der Waals surface area contributed by atoms with E-state index in [9.17, 15) is 9.59 Å². The fourth-order valence-corrected chi connectivity index (χ4v) is 2.60. The van der Waals surface area contributed by atoms with Gasteiger partial charge in [0.25, 0.3) is 0 Å². The Kier molecular flexibility index (Phi) is 3.79. The minimum absolute atomic E-state index is 0.178. The van der Waals surface area contributed by atoms with E-state index in [2.05, 4.69) is 13.0 Å². The SMILES string of the molecule is CC1=CC=CC(C)(C=O)C1Cc1ccc(C=O)cc1. The van der Waals surface area contributed by atoms with E-state index in [1.807, 2.05) is 43.3 Å². The van der Waals surface area contributed by atoms with Crippen molar-refractivity contribution in [1.29, 1.82) is 0 Å². The van der Waals surface area contributed by atoms with Crippen molar-refractivity contribution in [3.63, 3.8) is 0 Å². The first-order valence-corrected chi connectivity index (χ1v) is 6.45. The van der Waals surface area contributed by atoms with Gasteiger partial charge in [0.2, 0.25) is 0 Å². The Hall–Kier alpha value is -1.96. The summed E-state index contributed by atoms with van der Waals surface area (Å²) in [5.41, 5.74) is 2.60. The molecule has 0 bridgehead atoms. The van der Waals surface area contributed by atoms with Crippen LogP contribution in [-0.4, -0.2) is 12.6 Å². The van der Waals surface area contributed by atoms with Crippen LogP contribution in [0.25, 0.3) is 0 Å². The van der Waals surface area contributed by atoms with Crippen molar-refractivity contribution < 1.29 is 9.59 Å². The maximum Gasteiger partial charge on any atom is 0.150 e. The average Bonchev–Trinajstić information content (AvgIpc) is 2.44. The summed E-state index contributed by atoms with van der Waals surface area (Å²) >= 11 is 0. The molecule has 1 aliphatic carbocycles. The number of aldehydes is 2. The van der Waals surface area contributed by atoms with Gasteiger partial charge < -0.3 is 4.79 Å². The summed E-state index contributed by atoms with van der Waals surface area (Å²) in [6, 6.07) is 7.55. The molecule has 0 aromatic heterocycles. The molecule has 2 nitrogen and oxygen atoms in total. The van der Waals surface area contributed by atoms with Crippen LogP contribution in [0.1, 0.15) is 29.8 Å². The Morgan fingerprint density at radius 3 is 2.47 bits per heavy atom. The quantitative estimate of drug-likeness (QED) is 0.772. The number of carbonyl (C=O) groups excluding carboxylic acids is 2.